The first-order valence-electron chi connectivity index (χ1n) is 11.3. The first-order chi connectivity index (χ1) is 16.7. The number of anilines is 1. The predicted octanol–water partition coefficient (Wildman–Crippen LogP) is 3.25. The van der Waals surface area contributed by atoms with E-state index in [2.05, 4.69) is 15.7 Å². The van der Waals surface area contributed by atoms with Gasteiger partial charge in [0.05, 0.1) is 17.3 Å². The van der Waals surface area contributed by atoms with E-state index in [1.165, 1.54) is 13.1 Å². The van der Waals surface area contributed by atoms with Crippen molar-refractivity contribution in [1.82, 2.24) is 20.3 Å². The van der Waals surface area contributed by atoms with Crippen LogP contribution in [0.2, 0.25) is 0 Å². The van der Waals surface area contributed by atoms with Crippen molar-refractivity contribution in [3.8, 4) is 0 Å². The zero-order chi connectivity index (χ0) is 24.7. The number of hydrazine groups is 1. The summed E-state index contributed by atoms with van der Waals surface area (Å²) >= 11 is 0. The number of fused-ring (bicyclic) bond motifs is 2. The monoisotopic (exact) mass is 487 g/mol. The maximum atomic E-state index is 13.5. The predicted molar refractivity (Wildman–Crippen MR) is 121 cm³/mol. The molecule has 5 rings (SSSR count). The molecule has 0 spiro atoms. The second kappa shape index (κ2) is 8.88. The van der Waals surface area contributed by atoms with Crippen molar-refractivity contribution in [3.63, 3.8) is 0 Å². The third-order valence-corrected chi connectivity index (χ3v) is 6.22. The second-order valence-electron chi connectivity index (χ2n) is 8.74. The molecule has 1 fully saturated rings. The maximum absolute atomic E-state index is 13.5. The Bertz CT molecular complexity index is 1180. The Morgan fingerprint density at radius 1 is 1.31 bits per heavy atom. The van der Waals surface area contributed by atoms with Crippen LogP contribution in [0.5, 0.6) is 0 Å². The van der Waals surface area contributed by atoms with Gasteiger partial charge < -0.3 is 15.0 Å². The molecule has 35 heavy (non-hydrogen) atoms. The first-order valence-corrected chi connectivity index (χ1v) is 11.3. The number of hydrogen-bond donors (Lipinski definition) is 2. The van der Waals surface area contributed by atoms with Crippen molar-refractivity contribution in [2.75, 3.05) is 18.5 Å². The van der Waals surface area contributed by atoms with E-state index in [1.54, 1.807) is 41.6 Å². The van der Waals surface area contributed by atoms with Crippen LogP contribution in [-0.2, 0) is 14.3 Å². The smallest absolute Gasteiger partial charge is 0.357 e. The Hall–Kier alpha value is -3.60. The van der Waals surface area contributed by atoms with Crippen LogP contribution in [-0.4, -0.2) is 58.3 Å². The van der Waals surface area contributed by atoms with Crippen LogP contribution in [0.4, 0.5) is 19.0 Å². The highest BCUT2D eigenvalue weighted by molar-refractivity contribution is 6.02. The van der Waals surface area contributed by atoms with E-state index >= 15 is 0 Å². The molecule has 0 saturated carbocycles. The Morgan fingerprint density at radius 3 is 2.86 bits per heavy atom. The molecule has 2 N–H and O–H groups in total. The molecule has 11 heteroatoms. The van der Waals surface area contributed by atoms with Crippen LogP contribution in [0.1, 0.15) is 31.7 Å². The van der Waals surface area contributed by atoms with Gasteiger partial charge in [0.25, 0.3) is 5.91 Å². The quantitative estimate of drug-likeness (QED) is 0.678. The second-order valence-corrected chi connectivity index (χ2v) is 8.74. The van der Waals surface area contributed by atoms with Crippen LogP contribution < -0.4 is 10.7 Å². The SMILES string of the molecule is CC(=O)Nc1ncccc1C1=CC2C(=C3NN(C4CCCCO4)C=C3C(=O)N2CC(F)(F)F)C=C1. The van der Waals surface area contributed by atoms with Crippen molar-refractivity contribution in [2.45, 2.75) is 44.6 Å². The molecule has 1 aliphatic carbocycles. The Kier molecular flexibility index (Phi) is 5.87. The lowest BCUT2D eigenvalue weighted by Crippen LogP contribution is -2.50. The number of halogens is 3. The van der Waals surface area contributed by atoms with E-state index in [0.717, 1.165) is 24.2 Å². The zero-order valence-electron chi connectivity index (χ0n) is 18.9. The lowest BCUT2D eigenvalue weighted by atomic mass is 9.86. The van der Waals surface area contributed by atoms with Crippen LogP contribution in [0.15, 0.2) is 59.6 Å². The highest BCUT2D eigenvalue weighted by atomic mass is 19.4. The summed E-state index contributed by atoms with van der Waals surface area (Å²) in [6.45, 7) is 0.536. The molecule has 0 bridgehead atoms. The molecule has 4 aliphatic rings. The van der Waals surface area contributed by atoms with Crippen LogP contribution in [0.3, 0.4) is 0 Å². The summed E-state index contributed by atoms with van der Waals surface area (Å²) in [5.41, 5.74) is 5.48. The average Bonchev–Trinajstić information content (AvgIpc) is 3.27. The summed E-state index contributed by atoms with van der Waals surface area (Å²) in [5, 5.41) is 4.31. The van der Waals surface area contributed by atoms with Gasteiger partial charge in [-0.1, -0.05) is 12.2 Å². The summed E-state index contributed by atoms with van der Waals surface area (Å²) in [6, 6.07) is 2.43. The number of carbonyl (C=O) groups is 2. The zero-order valence-corrected chi connectivity index (χ0v) is 18.9. The molecule has 2 amide bonds. The lowest BCUT2D eigenvalue weighted by molar-refractivity contribution is -0.160. The fourth-order valence-corrected chi connectivity index (χ4v) is 4.72. The van der Waals surface area contributed by atoms with E-state index in [1.807, 2.05) is 0 Å². The van der Waals surface area contributed by atoms with Crippen LogP contribution in [0, 0.1) is 0 Å². The molecule has 0 radical (unpaired) electrons. The number of carbonyl (C=O) groups excluding carboxylic acids is 2. The minimum atomic E-state index is -4.58. The number of hydrogen-bond acceptors (Lipinski definition) is 6. The fourth-order valence-electron chi connectivity index (χ4n) is 4.72. The number of nitrogens with one attached hydrogen (secondary N) is 2. The number of ether oxygens (including phenoxy) is 1. The van der Waals surface area contributed by atoms with E-state index in [9.17, 15) is 22.8 Å². The van der Waals surface area contributed by atoms with E-state index < -0.39 is 24.7 Å². The summed E-state index contributed by atoms with van der Waals surface area (Å²) in [4.78, 5) is 29.9. The van der Waals surface area contributed by atoms with E-state index in [4.69, 9.17) is 4.74 Å². The highest BCUT2D eigenvalue weighted by Gasteiger charge is 2.45. The minimum absolute atomic E-state index is 0.177. The molecule has 184 valence electrons. The van der Waals surface area contributed by atoms with Crippen molar-refractivity contribution < 1.29 is 27.5 Å². The highest BCUT2D eigenvalue weighted by Crippen LogP contribution is 2.40. The molecule has 3 aliphatic heterocycles. The van der Waals surface area contributed by atoms with Gasteiger partial charge in [-0.3, -0.25) is 20.0 Å². The van der Waals surface area contributed by atoms with Crippen molar-refractivity contribution in [3.05, 3.63) is 65.2 Å². The number of pyridine rings is 1. The van der Waals surface area contributed by atoms with Gasteiger partial charge in [0, 0.05) is 37.1 Å². The summed E-state index contributed by atoms with van der Waals surface area (Å²) in [7, 11) is 0. The summed E-state index contributed by atoms with van der Waals surface area (Å²) in [5.74, 6) is -0.748. The summed E-state index contributed by atoms with van der Waals surface area (Å²) in [6.07, 6.45) is 5.89. The topological polar surface area (TPSA) is 86.8 Å². The number of aromatic nitrogens is 1. The van der Waals surface area contributed by atoms with Gasteiger partial charge >= 0.3 is 6.18 Å². The van der Waals surface area contributed by atoms with Crippen molar-refractivity contribution >= 4 is 23.2 Å². The lowest BCUT2D eigenvalue weighted by Gasteiger charge is -2.38. The summed E-state index contributed by atoms with van der Waals surface area (Å²) < 4.78 is 46.4. The number of rotatable bonds is 4. The molecular formula is C24H24F3N5O3. The van der Waals surface area contributed by atoms with Gasteiger partial charge in [-0.25, -0.2) is 4.98 Å². The number of nitrogens with zero attached hydrogens (tertiary/aromatic N) is 3. The normalized spacial score (nSPS) is 23.9. The largest absolute Gasteiger partial charge is 0.406 e. The first kappa shape index (κ1) is 23.2. The van der Waals surface area contributed by atoms with Crippen LogP contribution >= 0.6 is 0 Å². The number of allylic oxidation sites excluding steroid dienone is 2. The minimum Gasteiger partial charge on any atom is -0.357 e. The molecule has 2 unspecified atom stereocenters. The number of alkyl halides is 3. The van der Waals surface area contributed by atoms with Crippen LogP contribution in [0.25, 0.3) is 5.57 Å². The van der Waals surface area contributed by atoms with Gasteiger partial charge in [0.1, 0.15) is 18.6 Å². The van der Waals surface area contributed by atoms with Gasteiger partial charge in [0.15, 0.2) is 0 Å². The van der Waals surface area contributed by atoms with Gasteiger partial charge in [-0.2, -0.15) is 13.2 Å². The molecular weight excluding hydrogens is 463 g/mol. The van der Waals surface area contributed by atoms with E-state index in [-0.39, 0.29) is 23.5 Å². The average molecular weight is 487 g/mol. The molecule has 8 nitrogen and oxygen atoms in total. The Morgan fingerprint density at radius 2 is 2.14 bits per heavy atom. The molecule has 4 heterocycles. The van der Waals surface area contributed by atoms with Gasteiger partial charge in [-0.05, 0) is 43.0 Å². The molecule has 1 saturated heterocycles. The fraction of sp³-hybridized carbons (Fsp3) is 0.375. The number of amides is 2. The Labute approximate surface area is 199 Å². The van der Waals surface area contributed by atoms with Gasteiger partial charge in [0.2, 0.25) is 5.91 Å². The maximum Gasteiger partial charge on any atom is 0.406 e. The van der Waals surface area contributed by atoms with Crippen molar-refractivity contribution in [1.29, 1.82) is 0 Å². The molecule has 0 aromatic carbocycles. The van der Waals surface area contributed by atoms with E-state index in [0.29, 0.717) is 29.0 Å². The molecule has 2 atom stereocenters. The Balaban J connectivity index is 1.55. The van der Waals surface area contributed by atoms with Crippen molar-refractivity contribution in [2.24, 2.45) is 0 Å². The standard InChI is InChI=1S/C24H24F3N5O3/c1-14(33)29-22-16(5-4-9-28-22)15-7-8-17-19(11-15)31(13-24(25,26)27)23(34)18-12-32(30-21(17)18)20-6-2-3-10-35-20/h4-5,7-9,11-12,19-20,30H,2-3,6,10,13H2,1H3,(H,28,29,33). The third kappa shape index (κ3) is 4.55. The third-order valence-electron chi connectivity index (χ3n) is 6.22. The van der Waals surface area contributed by atoms with Gasteiger partial charge in [-0.15, -0.1) is 0 Å². The molecule has 1 aromatic heterocycles. The molecule has 1 aromatic rings.